The molecule has 1 aliphatic heterocycles. The molecular weight excluding hydrogens is 291 g/mol. The van der Waals surface area contributed by atoms with Gasteiger partial charge in [0.25, 0.3) is 0 Å². The molecule has 0 atom stereocenters. The summed E-state index contributed by atoms with van der Waals surface area (Å²) in [6.07, 6.45) is 1.84. The Labute approximate surface area is 127 Å². The number of aryl methyl sites for hydroxylation is 1. The monoisotopic (exact) mass is 304 g/mol. The first kappa shape index (κ1) is 14.1. The van der Waals surface area contributed by atoms with Gasteiger partial charge in [-0.15, -0.1) is 0 Å². The topological polar surface area (TPSA) is 26.3 Å². The second kappa shape index (κ2) is 5.86. The third kappa shape index (κ3) is 2.79. The first-order valence-electron chi connectivity index (χ1n) is 6.87. The Kier molecular flexibility index (Phi) is 3.93. The van der Waals surface area contributed by atoms with Crippen LogP contribution >= 0.6 is 11.6 Å². The highest BCUT2D eigenvalue weighted by atomic mass is 35.5. The van der Waals surface area contributed by atoms with E-state index in [9.17, 15) is 9.18 Å². The predicted octanol–water partition coefficient (Wildman–Crippen LogP) is 4.23. The molecule has 2 nitrogen and oxygen atoms in total. The van der Waals surface area contributed by atoms with Crippen LogP contribution in [0.3, 0.4) is 0 Å². The number of hydrogen-bond acceptors (Lipinski definition) is 2. The minimum atomic E-state index is -0.529. The second-order valence-corrected chi connectivity index (χ2v) is 5.47. The zero-order valence-corrected chi connectivity index (χ0v) is 12.1. The van der Waals surface area contributed by atoms with Crippen molar-refractivity contribution in [2.45, 2.75) is 19.3 Å². The lowest BCUT2D eigenvalue weighted by molar-refractivity contribution is 0.0987. The van der Waals surface area contributed by atoms with Gasteiger partial charge in [-0.1, -0.05) is 35.9 Å². The Morgan fingerprint density at radius 2 is 2.05 bits per heavy atom. The molecule has 21 heavy (non-hydrogen) atoms. The van der Waals surface area contributed by atoms with Crippen molar-refractivity contribution in [1.82, 2.24) is 0 Å². The number of ketones is 1. The first-order chi connectivity index (χ1) is 10.2. The number of carbonyl (C=O) groups excluding carboxylic acids is 1. The number of hydrogen-bond donors (Lipinski definition) is 0. The normalized spacial score (nSPS) is 13.4. The van der Waals surface area contributed by atoms with Crippen LogP contribution in [-0.4, -0.2) is 12.4 Å². The Morgan fingerprint density at radius 1 is 1.24 bits per heavy atom. The molecule has 0 saturated carbocycles. The van der Waals surface area contributed by atoms with Crippen molar-refractivity contribution in [3.05, 3.63) is 63.9 Å². The highest BCUT2D eigenvalue weighted by molar-refractivity contribution is 6.30. The number of benzene rings is 2. The van der Waals surface area contributed by atoms with Crippen molar-refractivity contribution in [3.63, 3.8) is 0 Å². The van der Waals surface area contributed by atoms with Gasteiger partial charge in [-0.2, -0.15) is 0 Å². The fourth-order valence-corrected chi connectivity index (χ4v) is 2.76. The molecule has 1 heterocycles. The molecule has 2 aromatic rings. The van der Waals surface area contributed by atoms with Gasteiger partial charge in [0.15, 0.2) is 5.78 Å². The quantitative estimate of drug-likeness (QED) is 0.793. The fourth-order valence-electron chi connectivity index (χ4n) is 2.56. The van der Waals surface area contributed by atoms with Crippen molar-refractivity contribution < 1.29 is 13.9 Å². The average Bonchev–Trinajstić information content (AvgIpc) is 2.51. The molecule has 0 aromatic heterocycles. The van der Waals surface area contributed by atoms with E-state index in [4.69, 9.17) is 16.3 Å². The number of fused-ring (bicyclic) bond motifs is 1. The number of para-hydroxylation sites is 1. The standard InChI is InChI=1S/C17H14ClFO2/c18-14-8-2-5-12(16(14)19)10-15(20)13-7-1-4-11-6-3-9-21-17(11)13/h1-2,4-5,7-8H,3,6,9-10H2. The maximum Gasteiger partial charge on any atom is 0.171 e. The van der Waals surface area contributed by atoms with Crippen LogP contribution in [0.1, 0.15) is 27.9 Å². The first-order valence-corrected chi connectivity index (χ1v) is 7.25. The van der Waals surface area contributed by atoms with Crippen LogP contribution in [0.15, 0.2) is 36.4 Å². The molecule has 0 amide bonds. The van der Waals surface area contributed by atoms with Crippen LogP contribution in [0, 0.1) is 5.82 Å². The van der Waals surface area contributed by atoms with Gasteiger partial charge in [0, 0.05) is 6.42 Å². The van der Waals surface area contributed by atoms with E-state index >= 15 is 0 Å². The van der Waals surface area contributed by atoms with E-state index in [0.29, 0.717) is 23.5 Å². The van der Waals surface area contributed by atoms with Gasteiger partial charge < -0.3 is 4.74 Å². The van der Waals surface area contributed by atoms with E-state index < -0.39 is 5.82 Å². The Balaban J connectivity index is 1.91. The van der Waals surface area contributed by atoms with Gasteiger partial charge in [-0.05, 0) is 36.1 Å². The van der Waals surface area contributed by atoms with E-state index in [0.717, 1.165) is 18.4 Å². The largest absolute Gasteiger partial charge is 0.493 e. The van der Waals surface area contributed by atoms with E-state index in [-0.39, 0.29) is 17.2 Å². The third-order valence-electron chi connectivity index (χ3n) is 3.62. The molecule has 0 N–H and O–H groups in total. The van der Waals surface area contributed by atoms with Gasteiger partial charge in [0.05, 0.1) is 17.2 Å². The predicted molar refractivity (Wildman–Crippen MR) is 79.7 cm³/mol. The smallest absolute Gasteiger partial charge is 0.171 e. The third-order valence-corrected chi connectivity index (χ3v) is 3.91. The lowest BCUT2D eigenvalue weighted by Gasteiger charge is -2.19. The summed E-state index contributed by atoms with van der Waals surface area (Å²) in [5, 5.41) is 0.0339. The van der Waals surface area contributed by atoms with Crippen molar-refractivity contribution >= 4 is 17.4 Å². The lowest BCUT2D eigenvalue weighted by atomic mass is 9.97. The number of ether oxygens (including phenoxy) is 1. The Hall–Kier alpha value is -1.87. The van der Waals surface area contributed by atoms with Crippen LogP contribution in [0.2, 0.25) is 5.02 Å². The maximum atomic E-state index is 13.9. The number of Topliss-reactive ketones (excluding diaryl/α,β-unsaturated/α-hetero) is 1. The molecular formula is C17H14ClFO2. The molecule has 0 saturated heterocycles. The van der Waals surface area contributed by atoms with Gasteiger partial charge in [0.2, 0.25) is 0 Å². The minimum absolute atomic E-state index is 0.0216. The molecule has 0 bridgehead atoms. The fraction of sp³-hybridized carbons (Fsp3) is 0.235. The summed E-state index contributed by atoms with van der Waals surface area (Å²) < 4.78 is 19.5. The zero-order valence-electron chi connectivity index (χ0n) is 11.4. The van der Waals surface area contributed by atoms with Crippen molar-refractivity contribution in [1.29, 1.82) is 0 Å². The van der Waals surface area contributed by atoms with Crippen LogP contribution in [-0.2, 0) is 12.8 Å². The molecule has 2 aromatic carbocycles. The zero-order chi connectivity index (χ0) is 14.8. The number of carbonyl (C=O) groups is 1. The number of rotatable bonds is 3. The molecule has 0 aliphatic carbocycles. The summed E-state index contributed by atoms with van der Waals surface area (Å²) in [5.74, 6) is -0.0377. The van der Waals surface area contributed by atoms with Crippen LogP contribution in [0.25, 0.3) is 0 Å². The summed E-state index contributed by atoms with van der Waals surface area (Å²) in [6, 6.07) is 10.2. The van der Waals surface area contributed by atoms with Crippen LogP contribution in [0.5, 0.6) is 5.75 Å². The Bertz CT molecular complexity index is 697. The maximum absolute atomic E-state index is 13.9. The van der Waals surface area contributed by atoms with Gasteiger partial charge in [-0.3, -0.25) is 4.79 Å². The highest BCUT2D eigenvalue weighted by Crippen LogP contribution is 2.30. The van der Waals surface area contributed by atoms with E-state index in [1.807, 2.05) is 12.1 Å². The summed E-state index contributed by atoms with van der Waals surface area (Å²) >= 11 is 5.75. The van der Waals surface area contributed by atoms with Crippen LogP contribution < -0.4 is 4.74 Å². The van der Waals surface area contributed by atoms with E-state index in [1.165, 1.54) is 6.07 Å². The highest BCUT2D eigenvalue weighted by Gasteiger charge is 2.20. The molecule has 4 heteroatoms. The van der Waals surface area contributed by atoms with Crippen molar-refractivity contribution in [2.75, 3.05) is 6.61 Å². The average molecular weight is 305 g/mol. The molecule has 108 valence electrons. The molecule has 1 aliphatic rings. The van der Waals surface area contributed by atoms with Crippen molar-refractivity contribution in [2.24, 2.45) is 0 Å². The van der Waals surface area contributed by atoms with Gasteiger partial charge >= 0.3 is 0 Å². The summed E-state index contributed by atoms with van der Waals surface area (Å²) in [5.41, 5.74) is 1.87. The van der Waals surface area contributed by atoms with Crippen LogP contribution in [0.4, 0.5) is 4.39 Å². The lowest BCUT2D eigenvalue weighted by Crippen LogP contribution is -2.14. The Morgan fingerprint density at radius 3 is 2.90 bits per heavy atom. The van der Waals surface area contributed by atoms with Crippen molar-refractivity contribution in [3.8, 4) is 5.75 Å². The van der Waals surface area contributed by atoms with Gasteiger partial charge in [-0.25, -0.2) is 4.39 Å². The number of halogens is 2. The molecule has 0 unspecified atom stereocenters. The minimum Gasteiger partial charge on any atom is -0.493 e. The summed E-state index contributed by atoms with van der Waals surface area (Å²) in [7, 11) is 0. The molecule has 3 rings (SSSR count). The SMILES string of the molecule is O=C(Cc1cccc(Cl)c1F)c1cccc2c1OCCC2. The summed E-state index contributed by atoms with van der Waals surface area (Å²) in [4.78, 5) is 12.5. The van der Waals surface area contributed by atoms with Gasteiger partial charge in [0.1, 0.15) is 11.6 Å². The van der Waals surface area contributed by atoms with E-state index in [1.54, 1.807) is 18.2 Å². The molecule has 0 radical (unpaired) electrons. The second-order valence-electron chi connectivity index (χ2n) is 5.06. The summed E-state index contributed by atoms with van der Waals surface area (Å²) in [6.45, 7) is 0.614. The molecule has 0 spiro atoms. The molecule has 0 fully saturated rings. The van der Waals surface area contributed by atoms with E-state index in [2.05, 4.69) is 0 Å².